The van der Waals surface area contributed by atoms with Gasteiger partial charge in [0.25, 0.3) is 0 Å². The molecule has 1 unspecified atom stereocenters. The summed E-state index contributed by atoms with van der Waals surface area (Å²) in [7, 11) is 0. The summed E-state index contributed by atoms with van der Waals surface area (Å²) in [6.07, 6.45) is 4.14. The molecule has 0 aromatic carbocycles. The summed E-state index contributed by atoms with van der Waals surface area (Å²) in [4.78, 5) is 13.7. The number of amides is 2. The molecule has 0 saturated carbocycles. The van der Waals surface area contributed by atoms with Crippen molar-refractivity contribution in [3.63, 3.8) is 0 Å². The lowest BCUT2D eigenvalue weighted by Crippen LogP contribution is -2.54. The fourth-order valence-electron chi connectivity index (χ4n) is 1.67. The van der Waals surface area contributed by atoms with Crippen LogP contribution in [0.1, 0.15) is 39.5 Å². The van der Waals surface area contributed by atoms with Gasteiger partial charge in [-0.05, 0) is 32.6 Å². The van der Waals surface area contributed by atoms with Crippen molar-refractivity contribution in [3.8, 4) is 0 Å². The van der Waals surface area contributed by atoms with Gasteiger partial charge in [0.05, 0.1) is 12.1 Å². The molecule has 15 heavy (non-hydrogen) atoms. The molecule has 1 saturated heterocycles. The Kier molecular flexibility index (Phi) is 4.39. The molecule has 2 amide bonds. The molecular formula is C11H22N2O2. The Balaban J connectivity index is 2.46. The first kappa shape index (κ1) is 12.3. The van der Waals surface area contributed by atoms with Gasteiger partial charge in [0.2, 0.25) is 0 Å². The van der Waals surface area contributed by atoms with E-state index in [2.05, 4.69) is 5.32 Å². The van der Waals surface area contributed by atoms with Crippen LogP contribution in [0.5, 0.6) is 0 Å². The van der Waals surface area contributed by atoms with Gasteiger partial charge in [-0.1, -0.05) is 6.92 Å². The number of hydrogen-bond donors (Lipinski definition) is 2. The van der Waals surface area contributed by atoms with Gasteiger partial charge in [0.15, 0.2) is 0 Å². The average Bonchev–Trinajstić information content (AvgIpc) is 2.30. The second-order valence-corrected chi connectivity index (χ2v) is 4.55. The van der Waals surface area contributed by atoms with Gasteiger partial charge in [-0.15, -0.1) is 0 Å². The second kappa shape index (κ2) is 5.35. The summed E-state index contributed by atoms with van der Waals surface area (Å²) in [5, 5.41) is 12.1. The Bertz CT molecular complexity index is 209. The Morgan fingerprint density at radius 1 is 1.40 bits per heavy atom. The highest BCUT2D eigenvalue weighted by Gasteiger charge is 2.26. The van der Waals surface area contributed by atoms with Crippen molar-refractivity contribution in [2.75, 3.05) is 19.7 Å². The number of carbonyl (C=O) groups excluding carboxylic acids is 1. The smallest absolute Gasteiger partial charge is 0.317 e. The van der Waals surface area contributed by atoms with Crippen LogP contribution in [-0.2, 0) is 0 Å². The molecule has 1 heterocycles. The van der Waals surface area contributed by atoms with E-state index in [0.29, 0.717) is 0 Å². The molecule has 1 fully saturated rings. The fourth-order valence-corrected chi connectivity index (χ4v) is 1.67. The van der Waals surface area contributed by atoms with Crippen LogP contribution >= 0.6 is 0 Å². The molecule has 1 aliphatic rings. The topological polar surface area (TPSA) is 52.6 Å². The second-order valence-electron chi connectivity index (χ2n) is 4.55. The van der Waals surface area contributed by atoms with E-state index in [1.165, 1.54) is 6.42 Å². The van der Waals surface area contributed by atoms with Gasteiger partial charge >= 0.3 is 6.03 Å². The predicted molar refractivity (Wildman–Crippen MR) is 59.7 cm³/mol. The van der Waals surface area contributed by atoms with E-state index in [1.54, 1.807) is 0 Å². The lowest BCUT2D eigenvalue weighted by atomic mass is 10.0. The van der Waals surface area contributed by atoms with Crippen LogP contribution < -0.4 is 5.32 Å². The normalized spacial score (nSPS) is 20.9. The summed E-state index contributed by atoms with van der Waals surface area (Å²) in [6, 6.07) is -0.0342. The van der Waals surface area contributed by atoms with Crippen molar-refractivity contribution < 1.29 is 9.90 Å². The van der Waals surface area contributed by atoms with Crippen molar-refractivity contribution in [2.24, 2.45) is 0 Å². The third-order valence-corrected chi connectivity index (χ3v) is 3.18. The van der Waals surface area contributed by atoms with E-state index in [9.17, 15) is 9.90 Å². The molecular weight excluding hydrogens is 192 g/mol. The number of carbonyl (C=O) groups is 1. The Hall–Kier alpha value is -0.770. The molecule has 0 radical (unpaired) electrons. The highest BCUT2D eigenvalue weighted by Crippen LogP contribution is 2.12. The highest BCUT2D eigenvalue weighted by molar-refractivity contribution is 5.75. The van der Waals surface area contributed by atoms with Crippen LogP contribution in [0.15, 0.2) is 0 Å². The molecule has 0 aromatic rings. The molecule has 88 valence electrons. The number of hydrogen-bond acceptors (Lipinski definition) is 2. The number of nitrogens with one attached hydrogen (secondary N) is 1. The van der Waals surface area contributed by atoms with Crippen LogP contribution in [0, 0.1) is 0 Å². The van der Waals surface area contributed by atoms with Crippen molar-refractivity contribution >= 4 is 6.03 Å². The molecule has 0 aliphatic carbocycles. The molecule has 0 spiro atoms. The number of aliphatic hydroxyl groups excluding tert-OH is 1. The number of likely N-dealkylation sites (tertiary alicyclic amines) is 1. The lowest BCUT2D eigenvalue weighted by Gasteiger charge is -2.33. The minimum absolute atomic E-state index is 0.0108. The Labute approximate surface area is 91.6 Å². The first-order valence-corrected chi connectivity index (χ1v) is 5.79. The van der Waals surface area contributed by atoms with Crippen LogP contribution in [0.25, 0.3) is 0 Å². The first-order chi connectivity index (χ1) is 7.11. The summed E-state index contributed by atoms with van der Waals surface area (Å²) < 4.78 is 0. The predicted octanol–water partition coefficient (Wildman–Crippen LogP) is 1.34. The lowest BCUT2D eigenvalue weighted by molar-refractivity contribution is 0.143. The summed E-state index contributed by atoms with van der Waals surface area (Å²) in [5.41, 5.74) is -0.478. The average molecular weight is 214 g/mol. The SMILES string of the molecule is CCC(C)(CO)NC(=O)N1CCCCC1. The van der Waals surface area contributed by atoms with E-state index in [4.69, 9.17) is 0 Å². The van der Waals surface area contributed by atoms with Crippen molar-refractivity contribution in [2.45, 2.75) is 45.1 Å². The summed E-state index contributed by atoms with van der Waals surface area (Å²) in [5.74, 6) is 0. The Morgan fingerprint density at radius 3 is 2.47 bits per heavy atom. The summed E-state index contributed by atoms with van der Waals surface area (Å²) >= 11 is 0. The molecule has 1 aliphatic heterocycles. The van der Waals surface area contributed by atoms with E-state index in [0.717, 1.165) is 32.4 Å². The van der Waals surface area contributed by atoms with Gasteiger partial charge < -0.3 is 15.3 Å². The monoisotopic (exact) mass is 214 g/mol. The largest absolute Gasteiger partial charge is 0.394 e. The van der Waals surface area contributed by atoms with E-state index in [1.807, 2.05) is 18.7 Å². The third kappa shape index (κ3) is 3.38. The van der Waals surface area contributed by atoms with Crippen molar-refractivity contribution in [3.05, 3.63) is 0 Å². The zero-order valence-corrected chi connectivity index (χ0v) is 9.75. The van der Waals surface area contributed by atoms with E-state index in [-0.39, 0.29) is 12.6 Å². The minimum Gasteiger partial charge on any atom is -0.394 e. The van der Waals surface area contributed by atoms with Crippen LogP contribution in [-0.4, -0.2) is 41.3 Å². The zero-order chi connectivity index (χ0) is 11.3. The number of rotatable bonds is 3. The molecule has 1 rings (SSSR count). The number of piperidine rings is 1. The molecule has 0 aromatic heterocycles. The molecule has 0 bridgehead atoms. The maximum Gasteiger partial charge on any atom is 0.317 e. The van der Waals surface area contributed by atoms with Gasteiger partial charge in [-0.2, -0.15) is 0 Å². The van der Waals surface area contributed by atoms with Gasteiger partial charge in [0, 0.05) is 13.1 Å². The van der Waals surface area contributed by atoms with Gasteiger partial charge in [0.1, 0.15) is 0 Å². The quantitative estimate of drug-likeness (QED) is 0.745. The van der Waals surface area contributed by atoms with Crippen LogP contribution in [0.2, 0.25) is 0 Å². The van der Waals surface area contributed by atoms with Crippen LogP contribution in [0.3, 0.4) is 0 Å². The van der Waals surface area contributed by atoms with Crippen molar-refractivity contribution in [1.82, 2.24) is 10.2 Å². The standard InChI is InChI=1S/C11H22N2O2/c1-3-11(2,9-14)12-10(15)13-7-5-4-6-8-13/h14H,3-9H2,1-2H3,(H,12,15). The van der Waals surface area contributed by atoms with Crippen LogP contribution in [0.4, 0.5) is 4.79 Å². The third-order valence-electron chi connectivity index (χ3n) is 3.18. The maximum atomic E-state index is 11.8. The van der Waals surface area contributed by atoms with Gasteiger partial charge in [-0.3, -0.25) is 0 Å². The number of nitrogens with zero attached hydrogens (tertiary/aromatic N) is 1. The Morgan fingerprint density at radius 2 is 2.00 bits per heavy atom. The fraction of sp³-hybridized carbons (Fsp3) is 0.909. The highest BCUT2D eigenvalue weighted by atomic mass is 16.3. The minimum atomic E-state index is -0.478. The van der Waals surface area contributed by atoms with Gasteiger partial charge in [-0.25, -0.2) is 4.79 Å². The van der Waals surface area contributed by atoms with E-state index < -0.39 is 5.54 Å². The summed E-state index contributed by atoms with van der Waals surface area (Å²) in [6.45, 7) is 5.51. The molecule has 4 heteroatoms. The zero-order valence-electron chi connectivity index (χ0n) is 9.75. The maximum absolute atomic E-state index is 11.8. The van der Waals surface area contributed by atoms with E-state index >= 15 is 0 Å². The number of urea groups is 1. The number of aliphatic hydroxyl groups is 1. The molecule has 4 nitrogen and oxygen atoms in total. The van der Waals surface area contributed by atoms with Crippen molar-refractivity contribution in [1.29, 1.82) is 0 Å². The molecule has 2 N–H and O–H groups in total. The first-order valence-electron chi connectivity index (χ1n) is 5.79. The molecule has 1 atom stereocenters.